The van der Waals surface area contributed by atoms with E-state index in [4.69, 9.17) is 4.74 Å². The molecule has 0 unspecified atom stereocenters. The predicted molar refractivity (Wildman–Crippen MR) is 44.9 cm³/mol. The molecule has 52 valence electrons. The SMILES string of the molecule is ICC12CC(CCO1)C2. The minimum absolute atomic E-state index is 0.351. The largest absolute Gasteiger partial charge is 0.374 e. The van der Waals surface area contributed by atoms with Gasteiger partial charge < -0.3 is 4.74 Å². The molecule has 0 spiro atoms. The molecule has 2 saturated heterocycles. The first-order valence-electron chi connectivity index (χ1n) is 3.55. The Morgan fingerprint density at radius 2 is 2.33 bits per heavy atom. The molecule has 2 heteroatoms. The molecule has 3 fully saturated rings. The Morgan fingerprint density at radius 1 is 1.56 bits per heavy atom. The van der Waals surface area contributed by atoms with Gasteiger partial charge >= 0.3 is 0 Å². The zero-order valence-electron chi connectivity index (χ0n) is 5.40. The average Bonchev–Trinajstić information content (AvgIpc) is 1.88. The second-order valence-electron chi connectivity index (χ2n) is 3.23. The number of hydrogen-bond acceptors (Lipinski definition) is 1. The van der Waals surface area contributed by atoms with Crippen LogP contribution in [0.5, 0.6) is 0 Å². The number of rotatable bonds is 1. The van der Waals surface area contributed by atoms with Crippen LogP contribution in [-0.4, -0.2) is 16.6 Å². The number of hydrogen-bond donors (Lipinski definition) is 0. The van der Waals surface area contributed by atoms with E-state index in [0.29, 0.717) is 5.60 Å². The van der Waals surface area contributed by atoms with Gasteiger partial charge in [0.05, 0.1) is 5.60 Å². The molecule has 0 aromatic rings. The van der Waals surface area contributed by atoms with Crippen molar-refractivity contribution >= 4 is 22.6 Å². The highest BCUT2D eigenvalue weighted by molar-refractivity contribution is 14.1. The number of fused-ring (bicyclic) bond motifs is 2. The minimum Gasteiger partial charge on any atom is -0.374 e. The van der Waals surface area contributed by atoms with Gasteiger partial charge in [0.1, 0.15) is 0 Å². The second-order valence-corrected chi connectivity index (χ2v) is 3.99. The standard InChI is InChI=1S/C7H11IO/c8-5-7-3-6(4-7)1-2-9-7/h6H,1-5H2. The van der Waals surface area contributed by atoms with Crippen LogP contribution in [0.2, 0.25) is 0 Å². The van der Waals surface area contributed by atoms with Crippen molar-refractivity contribution in [2.45, 2.75) is 24.9 Å². The molecule has 2 heterocycles. The van der Waals surface area contributed by atoms with E-state index in [2.05, 4.69) is 22.6 Å². The van der Waals surface area contributed by atoms with Gasteiger partial charge in [-0.2, -0.15) is 0 Å². The Kier molecular flexibility index (Phi) is 1.49. The molecule has 0 N–H and O–H groups in total. The smallest absolute Gasteiger partial charge is 0.0776 e. The molecular weight excluding hydrogens is 227 g/mol. The average molecular weight is 238 g/mol. The van der Waals surface area contributed by atoms with E-state index in [9.17, 15) is 0 Å². The first kappa shape index (κ1) is 6.40. The summed E-state index contributed by atoms with van der Waals surface area (Å²) < 4.78 is 6.87. The van der Waals surface area contributed by atoms with E-state index in [1.54, 1.807) is 0 Å². The highest BCUT2D eigenvalue weighted by Crippen LogP contribution is 2.47. The molecule has 1 saturated carbocycles. The van der Waals surface area contributed by atoms with Crippen molar-refractivity contribution in [3.05, 3.63) is 0 Å². The predicted octanol–water partition coefficient (Wildman–Crippen LogP) is 1.99. The van der Waals surface area contributed by atoms with Crippen LogP contribution in [0.25, 0.3) is 0 Å². The van der Waals surface area contributed by atoms with Crippen molar-refractivity contribution in [3.63, 3.8) is 0 Å². The van der Waals surface area contributed by atoms with Gasteiger partial charge in [0, 0.05) is 11.0 Å². The molecule has 0 radical (unpaired) electrons. The van der Waals surface area contributed by atoms with Crippen LogP contribution in [0.1, 0.15) is 19.3 Å². The lowest BCUT2D eigenvalue weighted by Crippen LogP contribution is -2.52. The van der Waals surface area contributed by atoms with E-state index < -0.39 is 0 Å². The van der Waals surface area contributed by atoms with Crippen LogP contribution in [0.4, 0.5) is 0 Å². The van der Waals surface area contributed by atoms with Gasteiger partial charge in [-0.1, -0.05) is 22.6 Å². The summed E-state index contributed by atoms with van der Waals surface area (Å²) in [5.41, 5.74) is 0.351. The molecule has 0 aromatic carbocycles. The van der Waals surface area contributed by atoms with Crippen molar-refractivity contribution < 1.29 is 4.74 Å². The van der Waals surface area contributed by atoms with E-state index >= 15 is 0 Å². The number of halogens is 1. The summed E-state index contributed by atoms with van der Waals surface area (Å²) in [7, 11) is 0. The third-order valence-corrected chi connectivity index (χ3v) is 3.89. The molecule has 2 bridgehead atoms. The molecule has 3 aliphatic rings. The highest BCUT2D eigenvalue weighted by atomic mass is 127. The van der Waals surface area contributed by atoms with Crippen molar-refractivity contribution in [1.82, 2.24) is 0 Å². The summed E-state index contributed by atoms with van der Waals surface area (Å²) in [5.74, 6) is 1.02. The topological polar surface area (TPSA) is 9.23 Å². The van der Waals surface area contributed by atoms with E-state index in [1.165, 1.54) is 23.7 Å². The molecule has 0 amide bonds. The van der Waals surface area contributed by atoms with E-state index in [1.807, 2.05) is 0 Å². The van der Waals surface area contributed by atoms with Crippen LogP contribution in [0.15, 0.2) is 0 Å². The van der Waals surface area contributed by atoms with Gasteiger partial charge in [0.2, 0.25) is 0 Å². The first-order valence-corrected chi connectivity index (χ1v) is 5.07. The minimum atomic E-state index is 0.351. The highest BCUT2D eigenvalue weighted by Gasteiger charge is 2.47. The lowest BCUT2D eigenvalue weighted by atomic mass is 9.68. The van der Waals surface area contributed by atoms with Crippen LogP contribution in [0, 0.1) is 5.92 Å². The fourth-order valence-corrected chi connectivity index (χ4v) is 2.75. The monoisotopic (exact) mass is 238 g/mol. The number of alkyl halides is 1. The summed E-state index contributed by atoms with van der Waals surface area (Å²) in [6.45, 7) is 1.02. The van der Waals surface area contributed by atoms with Crippen LogP contribution in [-0.2, 0) is 4.74 Å². The summed E-state index contributed by atoms with van der Waals surface area (Å²) >= 11 is 2.44. The lowest BCUT2D eigenvalue weighted by molar-refractivity contribution is -0.160. The summed E-state index contributed by atoms with van der Waals surface area (Å²) in [5, 5.41) is 0. The molecule has 1 aliphatic carbocycles. The van der Waals surface area contributed by atoms with Gasteiger partial charge in [-0.05, 0) is 25.2 Å². The maximum Gasteiger partial charge on any atom is 0.0776 e. The van der Waals surface area contributed by atoms with E-state index in [0.717, 1.165) is 12.5 Å². The summed E-state index contributed by atoms with van der Waals surface area (Å²) in [4.78, 5) is 0. The van der Waals surface area contributed by atoms with Crippen LogP contribution in [0.3, 0.4) is 0 Å². The summed E-state index contributed by atoms with van der Waals surface area (Å²) in [6, 6.07) is 0. The quantitative estimate of drug-likeness (QED) is 0.501. The zero-order valence-corrected chi connectivity index (χ0v) is 7.56. The van der Waals surface area contributed by atoms with Crippen molar-refractivity contribution in [3.8, 4) is 0 Å². The van der Waals surface area contributed by atoms with Gasteiger partial charge in [-0.25, -0.2) is 0 Å². The lowest BCUT2D eigenvalue weighted by Gasteiger charge is -2.51. The fourth-order valence-electron chi connectivity index (χ4n) is 1.90. The van der Waals surface area contributed by atoms with Crippen LogP contribution >= 0.6 is 22.6 Å². The maximum absolute atomic E-state index is 5.67. The molecule has 1 nitrogen and oxygen atoms in total. The van der Waals surface area contributed by atoms with Crippen molar-refractivity contribution in [2.24, 2.45) is 5.92 Å². The molecule has 9 heavy (non-hydrogen) atoms. The molecule has 0 aromatic heterocycles. The molecule has 2 aliphatic heterocycles. The third kappa shape index (κ3) is 0.909. The Bertz CT molecular complexity index is 113. The first-order chi connectivity index (χ1) is 4.35. The van der Waals surface area contributed by atoms with Gasteiger partial charge in [0.15, 0.2) is 0 Å². The fraction of sp³-hybridized carbons (Fsp3) is 1.00. The van der Waals surface area contributed by atoms with Crippen molar-refractivity contribution in [1.29, 1.82) is 0 Å². The molecule has 0 atom stereocenters. The number of ether oxygens (including phenoxy) is 1. The maximum atomic E-state index is 5.67. The van der Waals surface area contributed by atoms with Gasteiger partial charge in [-0.3, -0.25) is 0 Å². The second kappa shape index (κ2) is 2.09. The summed E-state index contributed by atoms with van der Waals surface area (Å²) in [6.07, 6.45) is 4.00. The van der Waals surface area contributed by atoms with Crippen LogP contribution < -0.4 is 0 Å². The molecule has 3 rings (SSSR count). The Labute approximate surface area is 69.3 Å². The van der Waals surface area contributed by atoms with Crippen molar-refractivity contribution in [2.75, 3.05) is 11.0 Å². The Morgan fingerprint density at radius 3 is 2.67 bits per heavy atom. The van der Waals surface area contributed by atoms with E-state index in [-0.39, 0.29) is 0 Å². The van der Waals surface area contributed by atoms with Gasteiger partial charge in [0.25, 0.3) is 0 Å². The Balaban J connectivity index is 2.02. The Hall–Kier alpha value is 0.690. The molecular formula is C7H11IO. The zero-order chi connectivity index (χ0) is 6.32. The van der Waals surface area contributed by atoms with Gasteiger partial charge in [-0.15, -0.1) is 0 Å². The third-order valence-electron chi connectivity index (χ3n) is 2.50. The normalized spacial score (nSPS) is 48.3.